The summed E-state index contributed by atoms with van der Waals surface area (Å²) in [6.07, 6.45) is -0.582. The molecule has 0 amide bonds. The minimum atomic E-state index is -0.582. The zero-order valence-corrected chi connectivity index (χ0v) is 17.3. The van der Waals surface area contributed by atoms with Crippen molar-refractivity contribution in [3.8, 4) is 23.0 Å². The van der Waals surface area contributed by atoms with Crippen LogP contribution in [0.3, 0.4) is 0 Å². The predicted octanol–water partition coefficient (Wildman–Crippen LogP) is 2.28. The van der Waals surface area contributed by atoms with Crippen LogP contribution in [-0.4, -0.2) is 74.8 Å². The highest BCUT2D eigenvalue weighted by Gasteiger charge is 2.22. The zero-order chi connectivity index (χ0) is 20.8. The number of aliphatic hydroxyl groups is 1. The standard InChI is InChI=1S/C22H30N2O5/c1-16-12-17(25)4-6-21(16)29-15-18(26)14-23-8-10-24(11-9-23)20-13-19(27-2)5-7-22(20)28-3/h4-7,12-13,18,25-26H,8-11,14-15H2,1-3H3. The molecule has 0 spiro atoms. The number of piperazine rings is 1. The maximum atomic E-state index is 10.4. The summed E-state index contributed by atoms with van der Waals surface area (Å²) in [7, 11) is 3.33. The number of aliphatic hydroxyl groups excluding tert-OH is 1. The Hall–Kier alpha value is -2.64. The molecule has 0 aromatic heterocycles. The third kappa shape index (κ3) is 5.46. The fourth-order valence-electron chi connectivity index (χ4n) is 3.55. The molecule has 1 heterocycles. The van der Waals surface area contributed by atoms with E-state index >= 15 is 0 Å². The van der Waals surface area contributed by atoms with Gasteiger partial charge in [-0.1, -0.05) is 0 Å². The van der Waals surface area contributed by atoms with E-state index in [1.807, 2.05) is 25.1 Å². The Kier molecular flexibility index (Phi) is 7.06. The Balaban J connectivity index is 1.49. The number of benzene rings is 2. The topological polar surface area (TPSA) is 74.6 Å². The molecule has 1 unspecified atom stereocenters. The number of nitrogens with zero attached hydrogens (tertiary/aromatic N) is 2. The second-order valence-corrected chi connectivity index (χ2v) is 7.24. The number of phenols is 1. The van der Waals surface area contributed by atoms with E-state index in [0.717, 1.165) is 48.9 Å². The molecule has 158 valence electrons. The Morgan fingerprint density at radius 2 is 1.69 bits per heavy atom. The number of methoxy groups -OCH3 is 2. The van der Waals surface area contributed by atoms with Gasteiger partial charge in [-0.05, 0) is 42.8 Å². The number of anilines is 1. The molecule has 29 heavy (non-hydrogen) atoms. The van der Waals surface area contributed by atoms with E-state index in [0.29, 0.717) is 12.3 Å². The van der Waals surface area contributed by atoms with E-state index in [2.05, 4.69) is 9.80 Å². The molecule has 0 aliphatic carbocycles. The lowest BCUT2D eigenvalue weighted by Gasteiger charge is -2.37. The van der Waals surface area contributed by atoms with E-state index in [-0.39, 0.29) is 12.4 Å². The molecule has 0 radical (unpaired) electrons. The largest absolute Gasteiger partial charge is 0.508 e. The van der Waals surface area contributed by atoms with Gasteiger partial charge in [0.25, 0.3) is 0 Å². The molecule has 7 nitrogen and oxygen atoms in total. The van der Waals surface area contributed by atoms with Crippen molar-refractivity contribution < 1.29 is 24.4 Å². The van der Waals surface area contributed by atoms with Crippen molar-refractivity contribution in [3.63, 3.8) is 0 Å². The average Bonchev–Trinajstić information content (AvgIpc) is 2.73. The highest BCUT2D eigenvalue weighted by atomic mass is 16.5. The minimum absolute atomic E-state index is 0.209. The van der Waals surface area contributed by atoms with Gasteiger partial charge >= 0.3 is 0 Å². The number of ether oxygens (including phenoxy) is 3. The second-order valence-electron chi connectivity index (χ2n) is 7.24. The van der Waals surface area contributed by atoms with Gasteiger partial charge in [-0.15, -0.1) is 0 Å². The Morgan fingerprint density at radius 3 is 2.34 bits per heavy atom. The highest BCUT2D eigenvalue weighted by Crippen LogP contribution is 2.32. The van der Waals surface area contributed by atoms with Crippen molar-refractivity contribution in [2.75, 3.05) is 58.5 Å². The van der Waals surface area contributed by atoms with Crippen LogP contribution in [0.4, 0.5) is 5.69 Å². The maximum Gasteiger partial charge on any atom is 0.142 e. The predicted molar refractivity (Wildman–Crippen MR) is 113 cm³/mol. The van der Waals surface area contributed by atoms with Gasteiger partial charge in [0.05, 0.1) is 19.9 Å². The number of aryl methyl sites for hydroxylation is 1. The average molecular weight is 402 g/mol. The van der Waals surface area contributed by atoms with E-state index in [9.17, 15) is 10.2 Å². The summed E-state index contributed by atoms with van der Waals surface area (Å²) in [4.78, 5) is 4.52. The van der Waals surface area contributed by atoms with Crippen molar-refractivity contribution in [3.05, 3.63) is 42.0 Å². The smallest absolute Gasteiger partial charge is 0.142 e. The van der Waals surface area contributed by atoms with Crippen molar-refractivity contribution in [1.82, 2.24) is 4.90 Å². The van der Waals surface area contributed by atoms with Crippen molar-refractivity contribution >= 4 is 5.69 Å². The van der Waals surface area contributed by atoms with E-state index in [1.54, 1.807) is 32.4 Å². The fraction of sp³-hybridized carbons (Fsp3) is 0.455. The fourth-order valence-corrected chi connectivity index (χ4v) is 3.55. The SMILES string of the molecule is COc1ccc(OC)c(N2CCN(CC(O)COc3ccc(O)cc3C)CC2)c1. The lowest BCUT2D eigenvalue weighted by atomic mass is 10.2. The highest BCUT2D eigenvalue weighted by molar-refractivity contribution is 5.62. The van der Waals surface area contributed by atoms with Crippen LogP contribution >= 0.6 is 0 Å². The number of hydrogen-bond donors (Lipinski definition) is 2. The molecule has 1 atom stereocenters. The summed E-state index contributed by atoms with van der Waals surface area (Å²) in [5.41, 5.74) is 1.87. The summed E-state index contributed by atoms with van der Waals surface area (Å²) in [5, 5.41) is 19.8. The van der Waals surface area contributed by atoms with Gasteiger partial charge in [0.1, 0.15) is 35.7 Å². The van der Waals surface area contributed by atoms with Crippen LogP contribution in [0.15, 0.2) is 36.4 Å². The van der Waals surface area contributed by atoms with Gasteiger partial charge in [-0.2, -0.15) is 0 Å². The number of rotatable bonds is 8. The third-order valence-corrected chi connectivity index (χ3v) is 5.16. The van der Waals surface area contributed by atoms with Crippen molar-refractivity contribution in [1.29, 1.82) is 0 Å². The first-order chi connectivity index (χ1) is 14.0. The number of β-amino-alcohol motifs (C(OH)–C–C–N with tert-alkyl or cyclic N) is 1. The van der Waals surface area contributed by atoms with Crippen LogP contribution in [0.25, 0.3) is 0 Å². The zero-order valence-electron chi connectivity index (χ0n) is 17.3. The molecule has 2 aromatic rings. The van der Waals surface area contributed by atoms with Crippen LogP contribution in [0.2, 0.25) is 0 Å². The van der Waals surface area contributed by atoms with Gasteiger partial charge < -0.3 is 29.3 Å². The van der Waals surface area contributed by atoms with Gasteiger partial charge in [-0.25, -0.2) is 0 Å². The van der Waals surface area contributed by atoms with Crippen molar-refractivity contribution in [2.24, 2.45) is 0 Å². The van der Waals surface area contributed by atoms with Crippen LogP contribution in [0.1, 0.15) is 5.56 Å². The van der Waals surface area contributed by atoms with Crippen LogP contribution in [-0.2, 0) is 0 Å². The first-order valence-corrected chi connectivity index (χ1v) is 9.80. The molecule has 1 aliphatic rings. The first kappa shape index (κ1) is 21.1. The first-order valence-electron chi connectivity index (χ1n) is 9.80. The molecule has 1 aliphatic heterocycles. The summed E-state index contributed by atoms with van der Waals surface area (Å²) in [5.74, 6) is 2.52. The number of hydrogen-bond acceptors (Lipinski definition) is 7. The summed E-state index contributed by atoms with van der Waals surface area (Å²) in [6.45, 7) is 6.01. The van der Waals surface area contributed by atoms with Crippen LogP contribution in [0.5, 0.6) is 23.0 Å². The molecule has 1 saturated heterocycles. The molecule has 2 aromatic carbocycles. The molecule has 0 bridgehead atoms. The quantitative estimate of drug-likeness (QED) is 0.702. The molecule has 1 fully saturated rings. The van der Waals surface area contributed by atoms with Crippen molar-refractivity contribution in [2.45, 2.75) is 13.0 Å². The molecular formula is C22H30N2O5. The molecule has 3 rings (SSSR count). The molecule has 0 saturated carbocycles. The second kappa shape index (κ2) is 9.71. The minimum Gasteiger partial charge on any atom is -0.508 e. The number of phenolic OH excluding ortho intramolecular Hbond substituents is 1. The lowest BCUT2D eigenvalue weighted by Crippen LogP contribution is -2.49. The van der Waals surface area contributed by atoms with Gasteiger partial charge in [0, 0.05) is 38.8 Å². The monoisotopic (exact) mass is 402 g/mol. The lowest BCUT2D eigenvalue weighted by molar-refractivity contribution is 0.0660. The normalized spacial score (nSPS) is 15.8. The Bertz CT molecular complexity index is 806. The molecule has 7 heteroatoms. The molecular weight excluding hydrogens is 372 g/mol. The van der Waals surface area contributed by atoms with E-state index in [4.69, 9.17) is 14.2 Å². The van der Waals surface area contributed by atoms with Gasteiger partial charge in [0.15, 0.2) is 0 Å². The Labute approximate surface area is 172 Å². The maximum absolute atomic E-state index is 10.4. The molecule has 2 N–H and O–H groups in total. The Morgan fingerprint density at radius 1 is 0.966 bits per heavy atom. The van der Waals surface area contributed by atoms with E-state index < -0.39 is 6.10 Å². The third-order valence-electron chi connectivity index (χ3n) is 5.16. The summed E-state index contributed by atoms with van der Waals surface area (Å²) < 4.78 is 16.6. The number of aromatic hydroxyl groups is 1. The van der Waals surface area contributed by atoms with Crippen LogP contribution in [0, 0.1) is 6.92 Å². The van der Waals surface area contributed by atoms with E-state index in [1.165, 1.54) is 0 Å². The van der Waals surface area contributed by atoms with Gasteiger partial charge in [0.2, 0.25) is 0 Å². The summed E-state index contributed by atoms with van der Waals surface area (Å²) >= 11 is 0. The van der Waals surface area contributed by atoms with Gasteiger partial charge in [-0.3, -0.25) is 4.90 Å². The summed E-state index contributed by atoms with van der Waals surface area (Å²) in [6, 6.07) is 10.8. The van der Waals surface area contributed by atoms with Crippen LogP contribution < -0.4 is 19.1 Å².